The molecule has 0 bridgehead atoms. The van der Waals surface area contributed by atoms with Crippen molar-refractivity contribution < 1.29 is 4.79 Å². The first-order chi connectivity index (χ1) is 11.5. The number of hydrogen-bond donors (Lipinski definition) is 1. The summed E-state index contributed by atoms with van der Waals surface area (Å²) in [6.07, 6.45) is 0. The van der Waals surface area contributed by atoms with Crippen molar-refractivity contribution >= 4 is 16.8 Å². The predicted molar refractivity (Wildman–Crippen MR) is 94.9 cm³/mol. The van der Waals surface area contributed by atoms with Gasteiger partial charge in [-0.05, 0) is 38.0 Å². The van der Waals surface area contributed by atoms with Gasteiger partial charge in [0.25, 0.3) is 5.91 Å². The van der Waals surface area contributed by atoms with Crippen molar-refractivity contribution in [3.63, 3.8) is 0 Å². The van der Waals surface area contributed by atoms with E-state index in [9.17, 15) is 4.79 Å². The minimum atomic E-state index is -0.138. The van der Waals surface area contributed by atoms with Crippen LogP contribution in [0.4, 0.5) is 0 Å². The van der Waals surface area contributed by atoms with Gasteiger partial charge in [0.1, 0.15) is 5.69 Å². The molecule has 0 saturated carbocycles. The number of aryl methyl sites for hydroxylation is 2. The highest BCUT2D eigenvalue weighted by Gasteiger charge is 2.11. The molecule has 5 heteroatoms. The predicted octanol–water partition coefficient (Wildman–Crippen LogP) is 3.11. The average molecular weight is 322 g/mol. The van der Waals surface area contributed by atoms with Gasteiger partial charge < -0.3 is 5.32 Å². The standard InChI is InChI=1S/C19H22N4O/c1-13(12-23-15(3)10-14(2)22-23)11-20-19(24)18-9-8-16-6-4-5-7-17(16)21-18/h4-10,13H,11-12H2,1-3H3,(H,20,24)/t13-/m1/s1. The number of benzene rings is 1. The maximum atomic E-state index is 12.3. The summed E-state index contributed by atoms with van der Waals surface area (Å²) >= 11 is 0. The Morgan fingerprint density at radius 2 is 2.00 bits per heavy atom. The van der Waals surface area contributed by atoms with Crippen LogP contribution in [-0.2, 0) is 6.54 Å². The molecule has 0 fully saturated rings. The molecule has 1 aromatic carbocycles. The summed E-state index contributed by atoms with van der Waals surface area (Å²) in [6.45, 7) is 7.51. The topological polar surface area (TPSA) is 59.8 Å². The molecule has 0 saturated heterocycles. The Labute approximate surface area is 141 Å². The Hall–Kier alpha value is -2.69. The van der Waals surface area contributed by atoms with Crippen LogP contribution in [0.5, 0.6) is 0 Å². The smallest absolute Gasteiger partial charge is 0.269 e. The van der Waals surface area contributed by atoms with E-state index in [1.54, 1.807) is 6.07 Å². The molecule has 3 aromatic rings. The lowest BCUT2D eigenvalue weighted by molar-refractivity contribution is 0.0942. The van der Waals surface area contributed by atoms with Crippen LogP contribution in [0.2, 0.25) is 0 Å². The molecule has 1 atom stereocenters. The third kappa shape index (κ3) is 3.62. The minimum absolute atomic E-state index is 0.138. The van der Waals surface area contributed by atoms with Crippen molar-refractivity contribution in [3.8, 4) is 0 Å². The van der Waals surface area contributed by atoms with Gasteiger partial charge in [0.15, 0.2) is 0 Å². The van der Waals surface area contributed by atoms with Gasteiger partial charge in [-0.25, -0.2) is 4.98 Å². The lowest BCUT2D eigenvalue weighted by atomic mass is 10.1. The summed E-state index contributed by atoms with van der Waals surface area (Å²) in [7, 11) is 0. The summed E-state index contributed by atoms with van der Waals surface area (Å²) in [5.41, 5.74) is 3.44. The number of nitrogens with zero attached hydrogens (tertiary/aromatic N) is 3. The lowest BCUT2D eigenvalue weighted by Gasteiger charge is -2.14. The van der Waals surface area contributed by atoms with Gasteiger partial charge in [0, 0.05) is 24.2 Å². The Morgan fingerprint density at radius 3 is 2.75 bits per heavy atom. The van der Waals surface area contributed by atoms with Gasteiger partial charge in [-0.3, -0.25) is 9.48 Å². The molecule has 0 unspecified atom stereocenters. The fraction of sp³-hybridized carbons (Fsp3) is 0.316. The van der Waals surface area contributed by atoms with E-state index in [0.29, 0.717) is 12.2 Å². The molecule has 1 N–H and O–H groups in total. The number of hydrogen-bond acceptors (Lipinski definition) is 3. The molecular weight excluding hydrogens is 300 g/mol. The SMILES string of the molecule is Cc1cc(C)n(C[C@H](C)CNC(=O)c2ccc3ccccc3n2)n1. The zero-order valence-electron chi connectivity index (χ0n) is 14.3. The van der Waals surface area contributed by atoms with Crippen LogP contribution in [0.15, 0.2) is 42.5 Å². The van der Waals surface area contributed by atoms with Gasteiger partial charge >= 0.3 is 0 Å². The van der Waals surface area contributed by atoms with Crippen molar-refractivity contribution in [2.75, 3.05) is 6.54 Å². The zero-order valence-corrected chi connectivity index (χ0v) is 14.3. The normalized spacial score (nSPS) is 12.3. The summed E-state index contributed by atoms with van der Waals surface area (Å²) < 4.78 is 1.99. The average Bonchev–Trinajstić information content (AvgIpc) is 2.89. The van der Waals surface area contributed by atoms with Crippen molar-refractivity contribution in [2.45, 2.75) is 27.3 Å². The van der Waals surface area contributed by atoms with Crippen molar-refractivity contribution in [2.24, 2.45) is 5.92 Å². The first-order valence-electron chi connectivity index (χ1n) is 8.18. The number of carbonyl (C=O) groups excluding carboxylic acids is 1. The maximum Gasteiger partial charge on any atom is 0.269 e. The van der Waals surface area contributed by atoms with Crippen LogP contribution >= 0.6 is 0 Å². The number of para-hydroxylation sites is 1. The molecule has 124 valence electrons. The van der Waals surface area contributed by atoms with Crippen molar-refractivity contribution in [1.82, 2.24) is 20.1 Å². The van der Waals surface area contributed by atoms with Crippen molar-refractivity contribution in [3.05, 3.63) is 59.5 Å². The molecule has 2 aromatic heterocycles. The number of fused-ring (bicyclic) bond motifs is 1. The summed E-state index contributed by atoms with van der Waals surface area (Å²) in [6, 6.07) is 13.5. The fourth-order valence-electron chi connectivity index (χ4n) is 2.77. The lowest BCUT2D eigenvalue weighted by Crippen LogP contribution is -2.30. The molecule has 0 aliphatic rings. The number of nitrogens with one attached hydrogen (secondary N) is 1. The van der Waals surface area contributed by atoms with E-state index in [0.717, 1.165) is 28.8 Å². The van der Waals surface area contributed by atoms with E-state index in [1.165, 1.54) is 0 Å². The monoisotopic (exact) mass is 322 g/mol. The minimum Gasteiger partial charge on any atom is -0.350 e. The van der Waals surface area contributed by atoms with Gasteiger partial charge in [0.05, 0.1) is 11.2 Å². The molecule has 5 nitrogen and oxygen atoms in total. The molecule has 24 heavy (non-hydrogen) atoms. The molecule has 1 amide bonds. The second-order valence-electron chi connectivity index (χ2n) is 6.31. The summed E-state index contributed by atoms with van der Waals surface area (Å²) in [4.78, 5) is 16.7. The highest BCUT2D eigenvalue weighted by atomic mass is 16.1. The first-order valence-corrected chi connectivity index (χ1v) is 8.18. The Balaban J connectivity index is 1.60. The van der Waals surface area contributed by atoms with Crippen LogP contribution in [0, 0.1) is 19.8 Å². The largest absolute Gasteiger partial charge is 0.350 e. The Kier molecular flexibility index (Phi) is 4.60. The number of carbonyl (C=O) groups is 1. The van der Waals surface area contributed by atoms with Gasteiger partial charge in [-0.15, -0.1) is 0 Å². The second-order valence-corrected chi connectivity index (χ2v) is 6.31. The number of aromatic nitrogens is 3. The van der Waals surface area contributed by atoms with E-state index in [1.807, 2.05) is 48.9 Å². The molecule has 0 radical (unpaired) electrons. The third-order valence-corrected chi connectivity index (χ3v) is 4.03. The van der Waals surface area contributed by atoms with E-state index in [-0.39, 0.29) is 11.8 Å². The molecule has 0 spiro atoms. The second kappa shape index (κ2) is 6.83. The van der Waals surface area contributed by atoms with Gasteiger partial charge in [-0.2, -0.15) is 5.10 Å². The Bertz CT molecular complexity index is 869. The fourth-order valence-corrected chi connectivity index (χ4v) is 2.77. The van der Waals surface area contributed by atoms with Crippen molar-refractivity contribution in [1.29, 1.82) is 0 Å². The van der Waals surface area contributed by atoms with Crippen LogP contribution in [0.3, 0.4) is 0 Å². The van der Waals surface area contributed by atoms with E-state index in [4.69, 9.17) is 0 Å². The van der Waals surface area contributed by atoms with Gasteiger partial charge in [0.2, 0.25) is 0 Å². The van der Waals surface area contributed by atoms with E-state index < -0.39 is 0 Å². The Morgan fingerprint density at radius 1 is 1.21 bits per heavy atom. The first kappa shape index (κ1) is 16.2. The van der Waals surface area contributed by atoms with Crippen LogP contribution in [-0.4, -0.2) is 27.2 Å². The number of pyridine rings is 1. The summed E-state index contributed by atoms with van der Waals surface area (Å²) in [5, 5.41) is 8.46. The third-order valence-electron chi connectivity index (χ3n) is 4.03. The maximum absolute atomic E-state index is 12.3. The highest BCUT2D eigenvalue weighted by molar-refractivity contribution is 5.94. The van der Waals surface area contributed by atoms with Crippen LogP contribution < -0.4 is 5.32 Å². The summed E-state index contributed by atoms with van der Waals surface area (Å²) in [5.74, 6) is 0.147. The van der Waals surface area contributed by atoms with E-state index >= 15 is 0 Å². The molecular formula is C19H22N4O. The van der Waals surface area contributed by atoms with Crippen LogP contribution in [0.25, 0.3) is 10.9 Å². The molecule has 2 heterocycles. The van der Waals surface area contributed by atoms with Gasteiger partial charge in [-0.1, -0.05) is 31.2 Å². The molecule has 3 rings (SSSR count). The number of amides is 1. The highest BCUT2D eigenvalue weighted by Crippen LogP contribution is 2.12. The van der Waals surface area contributed by atoms with Crippen LogP contribution in [0.1, 0.15) is 28.8 Å². The zero-order chi connectivity index (χ0) is 17.1. The molecule has 0 aliphatic heterocycles. The number of rotatable bonds is 5. The molecule has 0 aliphatic carbocycles. The quantitative estimate of drug-likeness (QED) is 0.785. The van der Waals surface area contributed by atoms with E-state index in [2.05, 4.69) is 28.4 Å².